The van der Waals surface area contributed by atoms with Crippen molar-refractivity contribution in [2.45, 2.75) is 31.5 Å². The number of halogens is 1. The Morgan fingerprint density at radius 3 is 2.28 bits per heavy atom. The minimum atomic E-state index is -1.06. The molecule has 0 heterocycles. The molecule has 5 nitrogen and oxygen atoms in total. The van der Waals surface area contributed by atoms with E-state index in [2.05, 4.69) is 29.6 Å². The number of fused-ring (bicyclic) bond motifs is 3. The number of amides is 1. The van der Waals surface area contributed by atoms with Crippen molar-refractivity contribution in [3.05, 3.63) is 94.0 Å². The van der Waals surface area contributed by atoms with Gasteiger partial charge in [-0.25, -0.2) is 4.79 Å². The molecule has 0 saturated heterocycles. The van der Waals surface area contributed by atoms with Crippen molar-refractivity contribution in [1.29, 1.82) is 0 Å². The van der Waals surface area contributed by atoms with Gasteiger partial charge in [-0.3, -0.25) is 0 Å². The monoisotopic (exact) mass is 451 g/mol. The van der Waals surface area contributed by atoms with Crippen LogP contribution in [0.15, 0.2) is 66.7 Å². The largest absolute Gasteiger partial charge is 0.449 e. The van der Waals surface area contributed by atoms with E-state index in [4.69, 9.17) is 16.3 Å². The first-order chi connectivity index (χ1) is 15.5. The quantitative estimate of drug-likeness (QED) is 0.473. The molecule has 3 aromatic carbocycles. The summed E-state index contributed by atoms with van der Waals surface area (Å²) in [5.41, 5.74) is 6.06. The number of ether oxygens (including phenoxy) is 1. The van der Waals surface area contributed by atoms with Gasteiger partial charge >= 0.3 is 6.09 Å². The molecule has 0 radical (unpaired) electrons. The molecule has 0 fully saturated rings. The fraction of sp³-hybridized carbons (Fsp3) is 0.269. The Kier molecular flexibility index (Phi) is 6.80. The highest BCUT2D eigenvalue weighted by Crippen LogP contribution is 2.44. The van der Waals surface area contributed by atoms with Crippen LogP contribution in [-0.4, -0.2) is 35.6 Å². The zero-order valence-corrected chi connectivity index (χ0v) is 18.5. The highest BCUT2D eigenvalue weighted by molar-refractivity contribution is 6.31. The molecule has 3 aromatic rings. The van der Waals surface area contributed by atoms with E-state index < -0.39 is 18.3 Å². The average molecular weight is 452 g/mol. The maximum absolute atomic E-state index is 12.2. The molecular weight excluding hydrogens is 426 g/mol. The Labute approximate surface area is 192 Å². The number of carbonyl (C=O) groups excluding carboxylic acids is 1. The summed E-state index contributed by atoms with van der Waals surface area (Å²) in [5.74, 6) is -0.00583. The van der Waals surface area contributed by atoms with Crippen molar-refractivity contribution in [3.8, 4) is 11.1 Å². The molecule has 1 aliphatic rings. The predicted molar refractivity (Wildman–Crippen MR) is 125 cm³/mol. The predicted octanol–water partition coefficient (Wildman–Crippen LogP) is 4.97. The van der Waals surface area contributed by atoms with E-state index in [1.165, 1.54) is 11.1 Å². The van der Waals surface area contributed by atoms with Crippen LogP contribution in [-0.2, 0) is 4.74 Å². The molecule has 166 valence electrons. The van der Waals surface area contributed by atoms with Crippen LogP contribution in [0.2, 0.25) is 5.02 Å². The van der Waals surface area contributed by atoms with Gasteiger partial charge in [-0.1, -0.05) is 72.3 Å². The number of aliphatic hydroxyl groups excluding tert-OH is 2. The standard InChI is InChI=1S/C26H26ClNO4/c1-16-14-17(10-11-23(16)27)25(30)24(29)12-13-28-26(31)32-15-22-20-8-4-2-6-18(20)19-7-3-5-9-21(19)22/h2-11,14,22,24-25,29-30H,12-13,15H2,1H3,(H,28,31). The maximum Gasteiger partial charge on any atom is 0.407 e. The van der Waals surface area contributed by atoms with Crippen molar-refractivity contribution in [3.63, 3.8) is 0 Å². The second-order valence-corrected chi connectivity index (χ2v) is 8.47. The molecule has 0 spiro atoms. The molecule has 4 rings (SSSR count). The summed E-state index contributed by atoms with van der Waals surface area (Å²) in [6.07, 6.45) is -2.44. The van der Waals surface area contributed by atoms with Crippen LogP contribution in [0.1, 0.15) is 40.7 Å². The van der Waals surface area contributed by atoms with Gasteiger partial charge in [0.25, 0.3) is 0 Å². The summed E-state index contributed by atoms with van der Waals surface area (Å²) in [4.78, 5) is 12.2. The topological polar surface area (TPSA) is 78.8 Å². The Morgan fingerprint density at radius 2 is 1.66 bits per heavy atom. The van der Waals surface area contributed by atoms with Crippen molar-refractivity contribution in [2.24, 2.45) is 0 Å². The third kappa shape index (κ3) is 4.65. The number of aliphatic hydroxyl groups is 2. The fourth-order valence-electron chi connectivity index (χ4n) is 4.20. The molecule has 3 N–H and O–H groups in total. The third-order valence-corrected chi connectivity index (χ3v) is 6.37. The second-order valence-electron chi connectivity index (χ2n) is 8.06. The summed E-state index contributed by atoms with van der Waals surface area (Å²) < 4.78 is 5.49. The van der Waals surface area contributed by atoms with Crippen LogP contribution in [0.5, 0.6) is 0 Å². The van der Waals surface area contributed by atoms with Crippen molar-refractivity contribution in [2.75, 3.05) is 13.2 Å². The Bertz CT molecular complexity index is 1070. The lowest BCUT2D eigenvalue weighted by Crippen LogP contribution is -2.30. The number of benzene rings is 3. The number of alkyl carbamates (subject to hydrolysis) is 1. The van der Waals surface area contributed by atoms with Crippen LogP contribution < -0.4 is 5.32 Å². The zero-order chi connectivity index (χ0) is 22.7. The number of aryl methyl sites for hydroxylation is 1. The lowest BCUT2D eigenvalue weighted by atomic mass is 9.98. The number of hydrogen-bond acceptors (Lipinski definition) is 4. The van der Waals surface area contributed by atoms with Crippen molar-refractivity contribution < 1.29 is 19.7 Å². The Hall–Kier alpha value is -2.86. The van der Waals surface area contributed by atoms with Gasteiger partial charge in [-0.15, -0.1) is 0 Å². The van der Waals surface area contributed by atoms with Gasteiger partial charge in [-0.05, 0) is 52.8 Å². The van der Waals surface area contributed by atoms with E-state index in [1.807, 2.05) is 31.2 Å². The van der Waals surface area contributed by atoms with Gasteiger partial charge < -0.3 is 20.3 Å². The molecule has 1 amide bonds. The van der Waals surface area contributed by atoms with Crippen LogP contribution in [0.3, 0.4) is 0 Å². The summed E-state index contributed by atoms with van der Waals surface area (Å²) >= 11 is 6.01. The SMILES string of the molecule is Cc1cc(C(O)C(O)CCNC(=O)OCC2c3ccccc3-c3ccccc32)ccc1Cl. The molecular formula is C26H26ClNO4. The van der Waals surface area contributed by atoms with Crippen molar-refractivity contribution >= 4 is 17.7 Å². The van der Waals surface area contributed by atoms with E-state index in [0.717, 1.165) is 16.7 Å². The lowest BCUT2D eigenvalue weighted by molar-refractivity contribution is 0.0136. The Balaban J connectivity index is 1.28. The second kappa shape index (κ2) is 9.74. The van der Waals surface area contributed by atoms with Crippen molar-refractivity contribution in [1.82, 2.24) is 5.32 Å². The van der Waals surface area contributed by atoms with Gasteiger partial charge in [0.05, 0.1) is 6.10 Å². The third-order valence-electron chi connectivity index (χ3n) is 5.94. The van der Waals surface area contributed by atoms with E-state index in [-0.39, 0.29) is 25.5 Å². The maximum atomic E-state index is 12.2. The number of carbonyl (C=O) groups is 1. The van der Waals surface area contributed by atoms with Gasteiger partial charge in [0.1, 0.15) is 12.7 Å². The van der Waals surface area contributed by atoms with Gasteiger partial charge in [0.2, 0.25) is 0 Å². The van der Waals surface area contributed by atoms with Gasteiger partial charge in [0, 0.05) is 17.5 Å². The highest BCUT2D eigenvalue weighted by atomic mass is 35.5. The zero-order valence-electron chi connectivity index (χ0n) is 17.8. The number of nitrogens with one attached hydrogen (secondary N) is 1. The molecule has 1 aliphatic carbocycles. The molecule has 0 aliphatic heterocycles. The smallest absolute Gasteiger partial charge is 0.407 e. The van der Waals surface area contributed by atoms with Gasteiger partial charge in [0.15, 0.2) is 0 Å². The van der Waals surface area contributed by atoms with E-state index in [9.17, 15) is 15.0 Å². The minimum Gasteiger partial charge on any atom is -0.449 e. The van der Waals surface area contributed by atoms with E-state index in [0.29, 0.717) is 10.6 Å². The summed E-state index contributed by atoms with van der Waals surface area (Å²) in [7, 11) is 0. The average Bonchev–Trinajstić information content (AvgIpc) is 3.12. The first-order valence-corrected chi connectivity index (χ1v) is 11.0. The van der Waals surface area contributed by atoms with Gasteiger partial charge in [-0.2, -0.15) is 0 Å². The minimum absolute atomic E-state index is 0.00583. The molecule has 2 unspecified atom stereocenters. The van der Waals surface area contributed by atoms with Crippen LogP contribution in [0, 0.1) is 6.92 Å². The number of hydrogen-bond donors (Lipinski definition) is 3. The number of rotatable bonds is 7. The lowest BCUT2D eigenvalue weighted by Gasteiger charge is -2.19. The summed E-state index contributed by atoms with van der Waals surface area (Å²) in [6.45, 7) is 2.25. The first-order valence-electron chi connectivity index (χ1n) is 10.7. The van der Waals surface area contributed by atoms with E-state index in [1.54, 1.807) is 18.2 Å². The molecule has 0 bridgehead atoms. The van der Waals surface area contributed by atoms with Crippen LogP contribution >= 0.6 is 11.6 Å². The molecule has 2 atom stereocenters. The van der Waals surface area contributed by atoms with Crippen LogP contribution in [0.4, 0.5) is 4.79 Å². The molecule has 0 saturated carbocycles. The molecule has 32 heavy (non-hydrogen) atoms. The molecule has 6 heteroatoms. The van der Waals surface area contributed by atoms with Crippen LogP contribution in [0.25, 0.3) is 11.1 Å². The summed E-state index contributed by atoms with van der Waals surface area (Å²) in [5, 5.41) is 23.9. The summed E-state index contributed by atoms with van der Waals surface area (Å²) in [6, 6.07) is 21.4. The normalized spacial score (nSPS) is 14.4. The highest BCUT2D eigenvalue weighted by Gasteiger charge is 2.29. The van der Waals surface area contributed by atoms with E-state index >= 15 is 0 Å². The first kappa shape index (κ1) is 22.3. The fourth-order valence-corrected chi connectivity index (χ4v) is 4.32. The molecule has 0 aromatic heterocycles. The Morgan fingerprint density at radius 1 is 1.03 bits per heavy atom.